The standard InChI is InChI=1S/C9H14N2O3S2/c1-9(2,12)7-5-15-8(10-7)11-16(13,14)6-3-4-6/h5-6,12H,3-4H2,1-2H3,(H,10,11). The van der Waals surface area contributed by atoms with Crippen molar-refractivity contribution >= 4 is 26.5 Å². The van der Waals surface area contributed by atoms with Crippen molar-refractivity contribution in [2.75, 3.05) is 4.72 Å². The van der Waals surface area contributed by atoms with Gasteiger partial charge in [-0.1, -0.05) is 0 Å². The van der Waals surface area contributed by atoms with Gasteiger partial charge in [-0.2, -0.15) is 0 Å². The van der Waals surface area contributed by atoms with Crippen LogP contribution < -0.4 is 4.72 Å². The van der Waals surface area contributed by atoms with Gasteiger partial charge in [-0.25, -0.2) is 13.4 Å². The Balaban J connectivity index is 2.14. The van der Waals surface area contributed by atoms with Gasteiger partial charge in [0.1, 0.15) is 5.60 Å². The van der Waals surface area contributed by atoms with Crippen LogP contribution >= 0.6 is 11.3 Å². The van der Waals surface area contributed by atoms with E-state index >= 15 is 0 Å². The summed E-state index contributed by atoms with van der Waals surface area (Å²) in [6, 6.07) is 0. The number of hydrogen-bond donors (Lipinski definition) is 2. The zero-order chi connectivity index (χ0) is 12.0. The Morgan fingerprint density at radius 1 is 1.56 bits per heavy atom. The van der Waals surface area contributed by atoms with Crippen LogP contribution in [0.2, 0.25) is 0 Å². The molecule has 0 radical (unpaired) electrons. The van der Waals surface area contributed by atoms with Crippen LogP contribution in [0.25, 0.3) is 0 Å². The van der Waals surface area contributed by atoms with Crippen LogP contribution in [-0.2, 0) is 15.6 Å². The molecule has 0 bridgehead atoms. The molecule has 1 heterocycles. The van der Waals surface area contributed by atoms with E-state index in [-0.39, 0.29) is 5.25 Å². The van der Waals surface area contributed by atoms with E-state index < -0.39 is 15.6 Å². The normalized spacial score (nSPS) is 17.4. The fourth-order valence-electron chi connectivity index (χ4n) is 1.18. The molecule has 1 saturated carbocycles. The number of nitrogens with zero attached hydrogens (tertiary/aromatic N) is 1. The third kappa shape index (κ3) is 2.53. The second-order valence-electron chi connectivity index (χ2n) is 4.44. The van der Waals surface area contributed by atoms with E-state index in [2.05, 4.69) is 9.71 Å². The number of hydrogen-bond acceptors (Lipinski definition) is 5. The topological polar surface area (TPSA) is 79.3 Å². The van der Waals surface area contributed by atoms with Gasteiger partial charge >= 0.3 is 0 Å². The van der Waals surface area contributed by atoms with E-state index in [1.807, 2.05) is 0 Å². The second kappa shape index (κ2) is 3.68. The molecule has 0 atom stereocenters. The van der Waals surface area contributed by atoms with Gasteiger partial charge < -0.3 is 5.11 Å². The number of nitrogens with one attached hydrogen (secondary N) is 1. The van der Waals surface area contributed by atoms with Gasteiger partial charge in [-0.3, -0.25) is 4.72 Å². The summed E-state index contributed by atoms with van der Waals surface area (Å²) in [7, 11) is -3.26. The Hall–Kier alpha value is -0.660. The predicted octanol–water partition coefficient (Wildman–Crippen LogP) is 1.27. The van der Waals surface area contributed by atoms with Gasteiger partial charge in [0.05, 0.1) is 10.9 Å². The molecule has 2 rings (SSSR count). The Kier molecular flexibility index (Phi) is 2.72. The number of thiazole rings is 1. The average Bonchev–Trinajstić information content (AvgIpc) is 2.87. The molecule has 0 spiro atoms. The minimum atomic E-state index is -3.26. The highest BCUT2D eigenvalue weighted by atomic mass is 32.2. The van der Waals surface area contributed by atoms with Crippen LogP contribution in [0, 0.1) is 0 Å². The first kappa shape index (κ1) is 11.8. The lowest BCUT2D eigenvalue weighted by molar-refractivity contribution is 0.0746. The van der Waals surface area contributed by atoms with Crippen LogP contribution in [0.5, 0.6) is 0 Å². The van der Waals surface area contributed by atoms with E-state index in [0.717, 1.165) is 12.8 Å². The molecule has 0 aromatic carbocycles. The zero-order valence-corrected chi connectivity index (χ0v) is 10.7. The summed E-state index contributed by atoms with van der Waals surface area (Å²) in [5.41, 5.74) is -0.564. The van der Waals surface area contributed by atoms with Crippen LogP contribution in [-0.4, -0.2) is 23.8 Å². The van der Waals surface area contributed by atoms with Gasteiger partial charge in [0, 0.05) is 5.38 Å². The summed E-state index contributed by atoms with van der Waals surface area (Å²) >= 11 is 1.19. The molecule has 1 aromatic heterocycles. The maximum Gasteiger partial charge on any atom is 0.237 e. The predicted molar refractivity (Wildman–Crippen MR) is 62.9 cm³/mol. The Morgan fingerprint density at radius 2 is 2.19 bits per heavy atom. The largest absolute Gasteiger partial charge is 0.384 e. The van der Waals surface area contributed by atoms with E-state index in [9.17, 15) is 13.5 Å². The molecular weight excluding hydrogens is 248 g/mol. The smallest absolute Gasteiger partial charge is 0.237 e. The molecule has 5 nitrogen and oxygen atoms in total. The van der Waals surface area contributed by atoms with Crippen LogP contribution in [0.3, 0.4) is 0 Å². The molecule has 7 heteroatoms. The highest BCUT2D eigenvalue weighted by Gasteiger charge is 2.36. The third-order valence-corrected chi connectivity index (χ3v) is 5.04. The molecule has 0 unspecified atom stereocenters. The maximum absolute atomic E-state index is 11.6. The molecule has 1 fully saturated rings. The highest BCUT2D eigenvalue weighted by Crippen LogP contribution is 2.31. The highest BCUT2D eigenvalue weighted by molar-refractivity contribution is 7.93. The summed E-state index contributed by atoms with van der Waals surface area (Å²) in [4.78, 5) is 4.06. The number of anilines is 1. The van der Waals surface area contributed by atoms with Crippen molar-refractivity contribution in [3.05, 3.63) is 11.1 Å². The summed E-state index contributed by atoms with van der Waals surface area (Å²) in [5.74, 6) is 0. The first-order valence-electron chi connectivity index (χ1n) is 4.99. The quantitative estimate of drug-likeness (QED) is 0.856. The average molecular weight is 262 g/mol. The molecule has 1 aliphatic rings. The van der Waals surface area contributed by atoms with Gasteiger partial charge in [0.2, 0.25) is 10.0 Å². The second-order valence-corrected chi connectivity index (χ2v) is 7.26. The maximum atomic E-state index is 11.6. The van der Waals surface area contributed by atoms with Gasteiger partial charge in [0.15, 0.2) is 5.13 Å². The first-order chi connectivity index (χ1) is 7.29. The minimum Gasteiger partial charge on any atom is -0.384 e. The van der Waals surface area contributed by atoms with Crippen molar-refractivity contribution in [1.82, 2.24) is 4.98 Å². The molecule has 90 valence electrons. The van der Waals surface area contributed by atoms with E-state index in [0.29, 0.717) is 10.8 Å². The Morgan fingerprint density at radius 3 is 2.62 bits per heavy atom. The van der Waals surface area contributed by atoms with Gasteiger partial charge in [-0.15, -0.1) is 11.3 Å². The third-order valence-electron chi connectivity index (χ3n) is 2.32. The van der Waals surface area contributed by atoms with Crippen molar-refractivity contribution in [3.63, 3.8) is 0 Å². The lowest BCUT2D eigenvalue weighted by Crippen LogP contribution is -2.19. The first-order valence-corrected chi connectivity index (χ1v) is 7.41. The lowest BCUT2D eigenvalue weighted by atomic mass is 10.1. The SMILES string of the molecule is CC(C)(O)c1csc(NS(=O)(=O)C2CC2)n1. The van der Waals surface area contributed by atoms with Crippen molar-refractivity contribution < 1.29 is 13.5 Å². The number of aliphatic hydroxyl groups is 1. The van der Waals surface area contributed by atoms with Gasteiger partial charge in [0.25, 0.3) is 0 Å². The summed E-state index contributed by atoms with van der Waals surface area (Å²) in [6.07, 6.45) is 1.44. The van der Waals surface area contributed by atoms with E-state index in [1.165, 1.54) is 11.3 Å². The molecule has 0 amide bonds. The van der Waals surface area contributed by atoms with Crippen LogP contribution in [0.1, 0.15) is 32.4 Å². The molecule has 16 heavy (non-hydrogen) atoms. The van der Waals surface area contributed by atoms with Crippen molar-refractivity contribution in [3.8, 4) is 0 Å². The molecule has 1 aliphatic carbocycles. The summed E-state index contributed by atoms with van der Waals surface area (Å²) in [6.45, 7) is 3.22. The van der Waals surface area contributed by atoms with E-state index in [1.54, 1.807) is 19.2 Å². The van der Waals surface area contributed by atoms with Gasteiger partial charge in [-0.05, 0) is 26.7 Å². The number of rotatable bonds is 4. The van der Waals surface area contributed by atoms with Crippen molar-refractivity contribution in [2.45, 2.75) is 37.5 Å². The summed E-state index contributed by atoms with van der Waals surface area (Å²) < 4.78 is 25.7. The zero-order valence-electron chi connectivity index (χ0n) is 9.10. The fraction of sp³-hybridized carbons (Fsp3) is 0.667. The molecule has 0 aliphatic heterocycles. The summed E-state index contributed by atoms with van der Waals surface area (Å²) in [5, 5.41) is 11.4. The molecule has 1 aromatic rings. The van der Waals surface area contributed by atoms with E-state index in [4.69, 9.17) is 0 Å². The number of sulfonamides is 1. The molecular formula is C9H14N2O3S2. The Bertz CT molecular complexity index is 483. The van der Waals surface area contributed by atoms with Crippen molar-refractivity contribution in [1.29, 1.82) is 0 Å². The van der Waals surface area contributed by atoms with Crippen molar-refractivity contribution in [2.24, 2.45) is 0 Å². The van der Waals surface area contributed by atoms with Crippen LogP contribution in [0.15, 0.2) is 5.38 Å². The monoisotopic (exact) mass is 262 g/mol. The lowest BCUT2D eigenvalue weighted by Gasteiger charge is -2.13. The Labute approximate surface area is 98.6 Å². The minimum absolute atomic E-state index is 0.262. The fourth-order valence-corrected chi connectivity index (χ4v) is 3.65. The number of aromatic nitrogens is 1. The molecule has 2 N–H and O–H groups in total. The molecule has 0 saturated heterocycles. The van der Waals surface area contributed by atoms with Crippen LogP contribution in [0.4, 0.5) is 5.13 Å².